The first-order valence-electron chi connectivity index (χ1n) is 6.60. The molecule has 0 spiro atoms. The molecule has 112 valence electrons. The highest BCUT2D eigenvalue weighted by Crippen LogP contribution is 2.26. The van der Waals surface area contributed by atoms with Gasteiger partial charge in [0.2, 0.25) is 10.0 Å². The summed E-state index contributed by atoms with van der Waals surface area (Å²) in [5.74, 6) is -1.63. The van der Waals surface area contributed by atoms with Gasteiger partial charge in [-0.25, -0.2) is 8.42 Å². The van der Waals surface area contributed by atoms with E-state index in [2.05, 4.69) is 0 Å². The third-order valence-corrected chi connectivity index (χ3v) is 5.68. The van der Waals surface area contributed by atoms with Crippen LogP contribution in [0.25, 0.3) is 0 Å². The van der Waals surface area contributed by atoms with Gasteiger partial charge in [0.1, 0.15) is 0 Å². The maximum absolute atomic E-state index is 12.6. The van der Waals surface area contributed by atoms with E-state index in [-0.39, 0.29) is 11.4 Å². The molecule has 1 saturated heterocycles. The van der Waals surface area contributed by atoms with Crippen molar-refractivity contribution < 1.29 is 18.3 Å². The fourth-order valence-corrected chi connectivity index (χ4v) is 4.24. The molecule has 1 N–H and O–H groups in total. The van der Waals surface area contributed by atoms with Crippen molar-refractivity contribution in [3.63, 3.8) is 0 Å². The van der Waals surface area contributed by atoms with E-state index in [0.29, 0.717) is 30.5 Å². The highest BCUT2D eigenvalue weighted by Gasteiger charge is 2.33. The molecule has 0 saturated carbocycles. The van der Waals surface area contributed by atoms with Crippen molar-refractivity contribution in [2.75, 3.05) is 13.1 Å². The first kappa shape index (κ1) is 15.5. The minimum absolute atomic E-state index is 0.00287. The molecule has 7 heteroatoms. The summed E-state index contributed by atoms with van der Waals surface area (Å²) >= 11 is 0. The highest BCUT2D eigenvalue weighted by molar-refractivity contribution is 7.89. The summed E-state index contributed by atoms with van der Waals surface area (Å²) in [6.07, 6.45) is 1.03. The molecule has 0 amide bonds. The number of benzene rings is 1. The van der Waals surface area contributed by atoms with Gasteiger partial charge >= 0.3 is 5.97 Å². The van der Waals surface area contributed by atoms with Gasteiger partial charge in [-0.3, -0.25) is 4.79 Å². The van der Waals surface area contributed by atoms with E-state index in [0.717, 1.165) is 0 Å². The normalized spacial score (nSPS) is 19.9. The molecular weight excluding hydrogens is 292 g/mol. The number of nitriles is 1. The molecule has 21 heavy (non-hydrogen) atoms. The third kappa shape index (κ3) is 3.06. The molecule has 1 unspecified atom stereocenters. The van der Waals surface area contributed by atoms with Crippen molar-refractivity contribution in [1.29, 1.82) is 5.26 Å². The van der Waals surface area contributed by atoms with Crippen LogP contribution in [0.4, 0.5) is 0 Å². The van der Waals surface area contributed by atoms with Gasteiger partial charge in [0.25, 0.3) is 0 Å². The summed E-state index contributed by atoms with van der Waals surface area (Å²) in [4.78, 5) is 11.2. The predicted molar refractivity (Wildman–Crippen MR) is 75.0 cm³/mol. The molecule has 1 aromatic rings. The lowest BCUT2D eigenvalue weighted by atomic mass is 10.0. The lowest BCUT2D eigenvalue weighted by Gasteiger charge is -2.30. The average molecular weight is 308 g/mol. The van der Waals surface area contributed by atoms with Crippen molar-refractivity contribution >= 4 is 16.0 Å². The number of hydrogen-bond acceptors (Lipinski definition) is 4. The fourth-order valence-electron chi connectivity index (χ4n) is 2.51. The average Bonchev–Trinajstić information content (AvgIpc) is 2.46. The Balaban J connectivity index is 2.34. The Labute approximate surface area is 123 Å². The van der Waals surface area contributed by atoms with Crippen LogP contribution >= 0.6 is 0 Å². The molecule has 0 bridgehead atoms. The molecule has 1 heterocycles. The molecule has 0 aromatic heterocycles. The summed E-state index contributed by atoms with van der Waals surface area (Å²) in [6, 6.07) is 6.35. The first-order valence-corrected chi connectivity index (χ1v) is 8.04. The Morgan fingerprint density at radius 1 is 1.48 bits per heavy atom. The van der Waals surface area contributed by atoms with Gasteiger partial charge < -0.3 is 5.11 Å². The van der Waals surface area contributed by atoms with Crippen LogP contribution in [0.3, 0.4) is 0 Å². The van der Waals surface area contributed by atoms with E-state index in [1.54, 1.807) is 6.92 Å². The van der Waals surface area contributed by atoms with Crippen LogP contribution in [0, 0.1) is 24.2 Å². The van der Waals surface area contributed by atoms with Crippen molar-refractivity contribution in [3.05, 3.63) is 29.3 Å². The predicted octanol–water partition coefficient (Wildman–Crippen LogP) is 1.35. The number of aryl methyl sites for hydroxylation is 1. The molecule has 1 fully saturated rings. The van der Waals surface area contributed by atoms with Crippen molar-refractivity contribution in [2.45, 2.75) is 24.7 Å². The van der Waals surface area contributed by atoms with Gasteiger partial charge in [-0.1, -0.05) is 0 Å². The highest BCUT2D eigenvalue weighted by atomic mass is 32.2. The molecule has 2 rings (SSSR count). The molecule has 1 aliphatic heterocycles. The second kappa shape index (κ2) is 5.84. The molecular formula is C14H16N2O4S. The molecule has 6 nitrogen and oxygen atoms in total. The molecule has 1 aromatic carbocycles. The summed E-state index contributed by atoms with van der Waals surface area (Å²) in [7, 11) is -3.72. The van der Waals surface area contributed by atoms with Crippen molar-refractivity contribution in [3.8, 4) is 6.07 Å². The Morgan fingerprint density at radius 2 is 2.19 bits per heavy atom. The van der Waals surface area contributed by atoms with Crippen LogP contribution in [0.2, 0.25) is 0 Å². The maximum Gasteiger partial charge on any atom is 0.307 e. The Morgan fingerprint density at radius 3 is 2.76 bits per heavy atom. The molecule has 0 aliphatic carbocycles. The van der Waals surface area contributed by atoms with Gasteiger partial charge in [-0.05, 0) is 43.5 Å². The van der Waals surface area contributed by atoms with Crippen LogP contribution in [0.1, 0.15) is 24.0 Å². The topological polar surface area (TPSA) is 98.5 Å². The minimum atomic E-state index is -3.72. The maximum atomic E-state index is 12.6. The number of sulfonamides is 1. The summed E-state index contributed by atoms with van der Waals surface area (Å²) in [6.45, 7) is 1.95. The summed E-state index contributed by atoms with van der Waals surface area (Å²) < 4.78 is 26.5. The lowest BCUT2D eigenvalue weighted by molar-refractivity contribution is -0.142. The summed E-state index contributed by atoms with van der Waals surface area (Å²) in [5.41, 5.74) is 0.889. The van der Waals surface area contributed by atoms with Crippen LogP contribution in [-0.2, 0) is 14.8 Å². The van der Waals surface area contributed by atoms with Gasteiger partial charge in [0.05, 0.1) is 22.4 Å². The summed E-state index contributed by atoms with van der Waals surface area (Å²) in [5, 5.41) is 17.9. The number of nitrogens with zero attached hydrogens (tertiary/aromatic N) is 2. The Bertz CT molecular complexity index is 706. The van der Waals surface area contributed by atoms with Crippen molar-refractivity contribution in [2.24, 2.45) is 5.92 Å². The van der Waals surface area contributed by atoms with Gasteiger partial charge in [-0.15, -0.1) is 0 Å². The minimum Gasteiger partial charge on any atom is -0.481 e. The largest absolute Gasteiger partial charge is 0.481 e. The van der Waals surface area contributed by atoms with Crippen molar-refractivity contribution in [1.82, 2.24) is 4.31 Å². The number of aliphatic carboxylic acids is 1. The van der Waals surface area contributed by atoms with E-state index >= 15 is 0 Å². The number of carboxylic acids is 1. The number of carboxylic acid groups (broad SMARTS) is 1. The molecule has 1 atom stereocenters. The van der Waals surface area contributed by atoms with E-state index in [9.17, 15) is 13.2 Å². The van der Waals surface area contributed by atoms with Crippen LogP contribution in [-0.4, -0.2) is 36.9 Å². The molecule has 1 aliphatic rings. The SMILES string of the molecule is Cc1cc(C#N)ccc1S(=O)(=O)N1CCCC(C(=O)O)C1. The van der Waals surface area contributed by atoms with Gasteiger partial charge in [0.15, 0.2) is 0 Å². The Kier molecular flexibility index (Phi) is 4.30. The standard InChI is InChI=1S/C14H16N2O4S/c1-10-7-11(8-15)4-5-13(10)21(19,20)16-6-2-3-12(9-16)14(17)18/h4-5,7,12H,2-3,6,9H2,1H3,(H,17,18). The lowest BCUT2D eigenvalue weighted by Crippen LogP contribution is -2.42. The fraction of sp³-hybridized carbons (Fsp3) is 0.429. The smallest absolute Gasteiger partial charge is 0.307 e. The van der Waals surface area contributed by atoms with Crippen LogP contribution in [0.15, 0.2) is 23.1 Å². The quantitative estimate of drug-likeness (QED) is 0.908. The molecule has 0 radical (unpaired) electrons. The van der Waals surface area contributed by atoms with E-state index in [1.165, 1.54) is 22.5 Å². The zero-order valence-corrected chi connectivity index (χ0v) is 12.4. The second-order valence-corrected chi connectivity index (χ2v) is 7.04. The van der Waals surface area contributed by atoms with Crippen LogP contribution < -0.4 is 0 Å². The van der Waals surface area contributed by atoms with E-state index in [4.69, 9.17) is 10.4 Å². The number of piperidine rings is 1. The Hall–Kier alpha value is -1.91. The van der Waals surface area contributed by atoms with Gasteiger partial charge in [-0.2, -0.15) is 9.57 Å². The van der Waals surface area contributed by atoms with Crippen LogP contribution in [0.5, 0.6) is 0 Å². The monoisotopic (exact) mass is 308 g/mol. The zero-order valence-electron chi connectivity index (χ0n) is 11.6. The van der Waals surface area contributed by atoms with E-state index in [1.807, 2.05) is 6.07 Å². The number of carbonyl (C=O) groups is 1. The first-order chi connectivity index (χ1) is 9.86. The number of hydrogen-bond donors (Lipinski definition) is 1. The third-order valence-electron chi connectivity index (χ3n) is 3.66. The van der Waals surface area contributed by atoms with Gasteiger partial charge in [0, 0.05) is 13.1 Å². The number of rotatable bonds is 3. The zero-order chi connectivity index (χ0) is 15.6. The second-order valence-electron chi connectivity index (χ2n) is 5.13. The van der Waals surface area contributed by atoms with E-state index < -0.39 is 21.9 Å².